The molecular weight excluding hydrogens is 190 g/mol. The number of rotatable bonds is 0. The van der Waals surface area contributed by atoms with E-state index in [4.69, 9.17) is 9.47 Å². The fraction of sp³-hybridized carbons (Fsp3) is 0.917. The van der Waals surface area contributed by atoms with Gasteiger partial charge in [-0.15, -0.1) is 0 Å². The molecular formula is C12H17NO2. The second-order valence-corrected chi connectivity index (χ2v) is 5.03. The number of hydrogen-bond donors (Lipinski definition) is 0. The van der Waals surface area contributed by atoms with Crippen molar-refractivity contribution in [2.24, 2.45) is 17.8 Å². The van der Waals surface area contributed by atoms with Gasteiger partial charge in [-0.1, -0.05) is 12.8 Å². The van der Waals surface area contributed by atoms with Gasteiger partial charge in [0.25, 0.3) is 0 Å². The molecule has 3 nitrogen and oxygen atoms in total. The molecule has 3 atom stereocenters. The van der Waals surface area contributed by atoms with E-state index in [-0.39, 0.29) is 5.92 Å². The van der Waals surface area contributed by atoms with Crippen LogP contribution in [0.2, 0.25) is 0 Å². The Labute approximate surface area is 90.4 Å². The monoisotopic (exact) mass is 207 g/mol. The Hall–Kier alpha value is -0.590. The summed E-state index contributed by atoms with van der Waals surface area (Å²) in [5, 5.41) is 9.32. The van der Waals surface area contributed by atoms with E-state index in [1.165, 1.54) is 25.7 Å². The summed E-state index contributed by atoms with van der Waals surface area (Å²) in [6, 6.07) is 2.45. The van der Waals surface area contributed by atoms with Gasteiger partial charge in [-0.25, -0.2) is 0 Å². The van der Waals surface area contributed by atoms with Crippen LogP contribution in [0.5, 0.6) is 0 Å². The fourth-order valence-electron chi connectivity index (χ4n) is 3.71. The smallest absolute Gasteiger partial charge is 0.184 e. The van der Waals surface area contributed by atoms with Gasteiger partial charge in [0.15, 0.2) is 5.79 Å². The van der Waals surface area contributed by atoms with Gasteiger partial charge in [-0.05, 0) is 24.7 Å². The van der Waals surface area contributed by atoms with Gasteiger partial charge in [0.1, 0.15) is 5.92 Å². The summed E-state index contributed by atoms with van der Waals surface area (Å²) >= 11 is 0. The fourth-order valence-corrected chi connectivity index (χ4v) is 3.71. The molecule has 0 aromatic carbocycles. The molecule has 15 heavy (non-hydrogen) atoms. The maximum absolute atomic E-state index is 9.32. The predicted molar refractivity (Wildman–Crippen MR) is 53.8 cm³/mol. The first-order valence-corrected chi connectivity index (χ1v) is 6.03. The molecule has 1 saturated heterocycles. The van der Waals surface area contributed by atoms with Crippen molar-refractivity contribution in [3.8, 4) is 6.07 Å². The van der Waals surface area contributed by atoms with Crippen molar-refractivity contribution < 1.29 is 9.47 Å². The first kappa shape index (κ1) is 9.62. The molecule has 3 heteroatoms. The Morgan fingerprint density at radius 2 is 1.87 bits per heavy atom. The first-order valence-electron chi connectivity index (χ1n) is 6.03. The highest BCUT2D eigenvalue weighted by Gasteiger charge is 2.57. The Morgan fingerprint density at radius 3 is 2.60 bits per heavy atom. The van der Waals surface area contributed by atoms with Crippen LogP contribution in [0.1, 0.15) is 32.1 Å². The van der Waals surface area contributed by atoms with Crippen LogP contribution in [0, 0.1) is 29.1 Å². The molecule has 0 amide bonds. The van der Waals surface area contributed by atoms with Crippen LogP contribution >= 0.6 is 0 Å². The largest absolute Gasteiger partial charge is 0.346 e. The van der Waals surface area contributed by atoms with E-state index >= 15 is 0 Å². The number of nitriles is 1. The number of ether oxygens (including phenoxy) is 2. The van der Waals surface area contributed by atoms with Crippen LogP contribution < -0.4 is 0 Å². The van der Waals surface area contributed by atoms with Gasteiger partial charge in [-0.2, -0.15) is 5.26 Å². The molecule has 3 aliphatic rings. The van der Waals surface area contributed by atoms with Crippen LogP contribution in [-0.4, -0.2) is 19.0 Å². The van der Waals surface area contributed by atoms with E-state index < -0.39 is 5.79 Å². The van der Waals surface area contributed by atoms with Crippen molar-refractivity contribution in [2.45, 2.75) is 37.9 Å². The SMILES string of the molecule is N#C[C@@H]1[C@H]2CCCC[C@@H]2CC12OCCO2. The summed E-state index contributed by atoms with van der Waals surface area (Å²) in [5.41, 5.74) is 0. The van der Waals surface area contributed by atoms with E-state index in [2.05, 4.69) is 6.07 Å². The molecule has 0 unspecified atom stereocenters. The van der Waals surface area contributed by atoms with Crippen LogP contribution in [0.4, 0.5) is 0 Å². The molecule has 0 radical (unpaired) electrons. The minimum absolute atomic E-state index is 0.0229. The Bertz CT molecular complexity index is 290. The third-order valence-corrected chi connectivity index (χ3v) is 4.33. The average Bonchev–Trinajstić information content (AvgIpc) is 2.83. The van der Waals surface area contributed by atoms with Crippen LogP contribution in [0.25, 0.3) is 0 Å². The molecule has 2 aliphatic carbocycles. The van der Waals surface area contributed by atoms with Crippen molar-refractivity contribution in [3.63, 3.8) is 0 Å². The molecule has 1 aliphatic heterocycles. The normalized spacial score (nSPS) is 42.7. The van der Waals surface area contributed by atoms with Gasteiger partial charge in [0, 0.05) is 6.42 Å². The van der Waals surface area contributed by atoms with Gasteiger partial charge in [0.05, 0.1) is 19.3 Å². The highest BCUT2D eigenvalue weighted by molar-refractivity contribution is 5.08. The summed E-state index contributed by atoms with van der Waals surface area (Å²) in [7, 11) is 0. The lowest BCUT2D eigenvalue weighted by atomic mass is 9.78. The number of nitrogens with zero attached hydrogens (tertiary/aromatic N) is 1. The molecule has 0 bridgehead atoms. The highest BCUT2D eigenvalue weighted by atomic mass is 16.7. The van der Waals surface area contributed by atoms with Gasteiger partial charge >= 0.3 is 0 Å². The summed E-state index contributed by atoms with van der Waals surface area (Å²) in [6.07, 6.45) is 6.00. The molecule has 0 aromatic heterocycles. The molecule has 1 spiro atoms. The molecule has 82 valence electrons. The Morgan fingerprint density at radius 1 is 1.13 bits per heavy atom. The third kappa shape index (κ3) is 1.32. The summed E-state index contributed by atoms with van der Waals surface area (Å²) in [5.74, 6) is 0.655. The number of hydrogen-bond acceptors (Lipinski definition) is 3. The standard InChI is InChI=1S/C12H17NO2/c13-8-11-10-4-2-1-3-9(10)7-12(11)14-5-6-15-12/h9-11H,1-7H2/t9-,10+,11-/m1/s1. The summed E-state index contributed by atoms with van der Waals surface area (Å²) < 4.78 is 11.5. The summed E-state index contributed by atoms with van der Waals surface area (Å²) in [6.45, 7) is 1.33. The molecule has 3 fully saturated rings. The zero-order chi connectivity index (χ0) is 10.3. The van der Waals surface area contributed by atoms with Crippen LogP contribution in [0.3, 0.4) is 0 Å². The van der Waals surface area contributed by atoms with Gasteiger partial charge in [0.2, 0.25) is 0 Å². The van der Waals surface area contributed by atoms with Crippen LogP contribution in [-0.2, 0) is 9.47 Å². The minimum atomic E-state index is -0.519. The Balaban J connectivity index is 1.88. The van der Waals surface area contributed by atoms with E-state index in [9.17, 15) is 5.26 Å². The topological polar surface area (TPSA) is 42.2 Å². The van der Waals surface area contributed by atoms with Gasteiger partial charge < -0.3 is 9.47 Å². The van der Waals surface area contributed by atoms with E-state index in [1.54, 1.807) is 0 Å². The first-order chi connectivity index (χ1) is 7.36. The zero-order valence-corrected chi connectivity index (χ0v) is 8.95. The lowest BCUT2D eigenvalue weighted by Gasteiger charge is -2.28. The zero-order valence-electron chi connectivity index (χ0n) is 8.95. The van der Waals surface area contributed by atoms with Crippen LogP contribution in [0.15, 0.2) is 0 Å². The molecule has 1 heterocycles. The minimum Gasteiger partial charge on any atom is -0.346 e. The van der Waals surface area contributed by atoms with Crippen molar-refractivity contribution in [1.29, 1.82) is 5.26 Å². The molecule has 0 aromatic rings. The summed E-state index contributed by atoms with van der Waals surface area (Å²) in [4.78, 5) is 0. The van der Waals surface area contributed by atoms with E-state index in [0.29, 0.717) is 25.0 Å². The molecule has 0 N–H and O–H groups in total. The average molecular weight is 207 g/mol. The quantitative estimate of drug-likeness (QED) is 0.610. The Kier molecular flexibility index (Phi) is 2.22. The molecule has 3 rings (SSSR count). The lowest BCUT2D eigenvalue weighted by Crippen LogP contribution is -2.35. The van der Waals surface area contributed by atoms with Crippen molar-refractivity contribution in [3.05, 3.63) is 0 Å². The predicted octanol–water partition coefficient (Wildman–Crippen LogP) is 2.08. The lowest BCUT2D eigenvalue weighted by molar-refractivity contribution is -0.173. The number of fused-ring (bicyclic) bond motifs is 1. The van der Waals surface area contributed by atoms with Gasteiger partial charge in [-0.3, -0.25) is 0 Å². The second kappa shape index (κ2) is 3.47. The second-order valence-electron chi connectivity index (χ2n) is 5.03. The van der Waals surface area contributed by atoms with Crippen molar-refractivity contribution >= 4 is 0 Å². The molecule has 2 saturated carbocycles. The maximum atomic E-state index is 9.32. The van der Waals surface area contributed by atoms with Crippen molar-refractivity contribution in [1.82, 2.24) is 0 Å². The van der Waals surface area contributed by atoms with E-state index in [0.717, 1.165) is 6.42 Å². The highest BCUT2D eigenvalue weighted by Crippen LogP contribution is 2.53. The maximum Gasteiger partial charge on any atom is 0.184 e. The third-order valence-electron chi connectivity index (χ3n) is 4.33. The van der Waals surface area contributed by atoms with E-state index in [1.807, 2.05) is 0 Å². The van der Waals surface area contributed by atoms with Crippen molar-refractivity contribution in [2.75, 3.05) is 13.2 Å².